The van der Waals surface area contributed by atoms with E-state index in [1.54, 1.807) is 0 Å². The van der Waals surface area contributed by atoms with Gasteiger partial charge in [-0.2, -0.15) is 4.98 Å². The monoisotopic (exact) mass is 300 g/mol. The Labute approximate surface area is 134 Å². The van der Waals surface area contributed by atoms with Crippen molar-refractivity contribution in [1.82, 2.24) is 4.98 Å². The van der Waals surface area contributed by atoms with Gasteiger partial charge in [-0.15, -0.1) is 0 Å². The van der Waals surface area contributed by atoms with Crippen LogP contribution in [0.5, 0.6) is 0 Å². The Morgan fingerprint density at radius 2 is 1.39 bits per heavy atom. The highest BCUT2D eigenvalue weighted by Gasteiger charge is 2.16. The summed E-state index contributed by atoms with van der Waals surface area (Å²) in [4.78, 5) is 6.74. The summed E-state index contributed by atoms with van der Waals surface area (Å²) < 4.78 is 5.97. The lowest BCUT2D eigenvalue weighted by molar-refractivity contribution is 0.591. The molecule has 1 heterocycles. The SMILES string of the molecule is c1ccc(CN(c2ccccc2)c2nc3ccccc3o2)cc1. The number of hydrogen-bond acceptors (Lipinski definition) is 3. The normalized spacial score (nSPS) is 10.8. The molecule has 0 aliphatic carbocycles. The molecule has 0 unspecified atom stereocenters. The third-order valence-corrected chi connectivity index (χ3v) is 3.76. The third kappa shape index (κ3) is 2.81. The third-order valence-electron chi connectivity index (χ3n) is 3.76. The molecule has 1 aromatic heterocycles. The van der Waals surface area contributed by atoms with Gasteiger partial charge in [-0.3, -0.25) is 4.90 Å². The van der Waals surface area contributed by atoms with Gasteiger partial charge in [0.15, 0.2) is 5.58 Å². The summed E-state index contributed by atoms with van der Waals surface area (Å²) >= 11 is 0. The summed E-state index contributed by atoms with van der Waals surface area (Å²) in [7, 11) is 0. The van der Waals surface area contributed by atoms with Crippen molar-refractivity contribution >= 4 is 22.8 Å². The molecule has 3 heteroatoms. The van der Waals surface area contributed by atoms with Crippen molar-refractivity contribution in [1.29, 1.82) is 0 Å². The fourth-order valence-corrected chi connectivity index (χ4v) is 2.62. The van der Waals surface area contributed by atoms with Gasteiger partial charge in [-0.05, 0) is 29.8 Å². The van der Waals surface area contributed by atoms with Crippen LogP contribution in [-0.4, -0.2) is 4.98 Å². The Kier molecular flexibility index (Phi) is 3.53. The van der Waals surface area contributed by atoms with Crippen LogP contribution in [0.1, 0.15) is 5.56 Å². The molecule has 112 valence electrons. The number of hydrogen-bond donors (Lipinski definition) is 0. The lowest BCUT2D eigenvalue weighted by Crippen LogP contribution is -2.16. The Hall–Kier alpha value is -3.07. The van der Waals surface area contributed by atoms with Crippen molar-refractivity contribution in [2.45, 2.75) is 6.54 Å². The average Bonchev–Trinajstić information content (AvgIpc) is 3.05. The molecule has 0 atom stereocenters. The molecule has 0 N–H and O–H groups in total. The second-order valence-corrected chi connectivity index (χ2v) is 5.37. The van der Waals surface area contributed by atoms with Gasteiger partial charge < -0.3 is 4.42 Å². The van der Waals surface area contributed by atoms with Gasteiger partial charge in [0.05, 0.1) is 6.54 Å². The van der Waals surface area contributed by atoms with Gasteiger partial charge in [-0.25, -0.2) is 0 Å². The van der Waals surface area contributed by atoms with Crippen molar-refractivity contribution in [3.05, 3.63) is 90.5 Å². The largest absolute Gasteiger partial charge is 0.423 e. The molecule has 4 aromatic rings. The van der Waals surface area contributed by atoms with Crippen LogP contribution < -0.4 is 4.90 Å². The van der Waals surface area contributed by atoms with E-state index in [1.165, 1.54) is 5.56 Å². The first-order chi connectivity index (χ1) is 11.4. The second-order valence-electron chi connectivity index (χ2n) is 5.37. The molecule has 0 amide bonds. The van der Waals surface area contributed by atoms with Crippen LogP contribution >= 0.6 is 0 Å². The number of rotatable bonds is 4. The van der Waals surface area contributed by atoms with Gasteiger partial charge in [0.1, 0.15) is 5.52 Å². The van der Waals surface area contributed by atoms with E-state index >= 15 is 0 Å². The van der Waals surface area contributed by atoms with E-state index in [0.29, 0.717) is 12.6 Å². The Bertz CT molecular complexity index is 868. The number of nitrogens with zero attached hydrogens (tertiary/aromatic N) is 2. The predicted molar refractivity (Wildman–Crippen MR) is 92.7 cm³/mol. The summed E-state index contributed by atoms with van der Waals surface area (Å²) in [5.74, 6) is 0. The van der Waals surface area contributed by atoms with E-state index in [4.69, 9.17) is 4.42 Å². The van der Waals surface area contributed by atoms with Gasteiger partial charge in [0.25, 0.3) is 0 Å². The highest BCUT2D eigenvalue weighted by molar-refractivity contribution is 5.75. The van der Waals surface area contributed by atoms with Crippen molar-refractivity contribution in [3.8, 4) is 0 Å². The summed E-state index contributed by atoms with van der Waals surface area (Å²) in [5.41, 5.74) is 3.94. The predicted octanol–water partition coefficient (Wildman–Crippen LogP) is 5.17. The number of anilines is 2. The van der Waals surface area contributed by atoms with Crippen LogP contribution in [0.4, 0.5) is 11.7 Å². The van der Waals surface area contributed by atoms with Crippen LogP contribution in [-0.2, 0) is 6.54 Å². The summed E-state index contributed by atoms with van der Waals surface area (Å²) in [6, 6.07) is 29.0. The van der Waals surface area contributed by atoms with Gasteiger partial charge >= 0.3 is 6.01 Å². The molecular weight excluding hydrogens is 284 g/mol. The Morgan fingerprint density at radius 1 is 0.739 bits per heavy atom. The molecule has 0 bridgehead atoms. The number of fused-ring (bicyclic) bond motifs is 1. The highest BCUT2D eigenvalue weighted by atomic mass is 16.4. The summed E-state index contributed by atoms with van der Waals surface area (Å²) in [6.45, 7) is 0.706. The minimum atomic E-state index is 0.612. The fraction of sp³-hybridized carbons (Fsp3) is 0.0500. The number of para-hydroxylation sites is 3. The molecule has 0 spiro atoms. The molecule has 0 saturated carbocycles. The first-order valence-electron chi connectivity index (χ1n) is 7.62. The van der Waals surface area contributed by atoms with E-state index < -0.39 is 0 Å². The van der Waals surface area contributed by atoms with E-state index in [-0.39, 0.29) is 0 Å². The maximum atomic E-state index is 5.97. The van der Waals surface area contributed by atoms with Crippen LogP contribution in [0.2, 0.25) is 0 Å². The van der Waals surface area contributed by atoms with Crippen molar-refractivity contribution in [2.75, 3.05) is 4.90 Å². The van der Waals surface area contributed by atoms with Crippen LogP contribution in [0.25, 0.3) is 11.1 Å². The molecule has 3 aromatic carbocycles. The first-order valence-corrected chi connectivity index (χ1v) is 7.62. The summed E-state index contributed by atoms with van der Waals surface area (Å²) in [6.07, 6.45) is 0. The minimum Gasteiger partial charge on any atom is -0.423 e. The van der Waals surface area contributed by atoms with E-state index in [9.17, 15) is 0 Å². The van der Waals surface area contributed by atoms with Crippen LogP contribution in [0.3, 0.4) is 0 Å². The zero-order valence-electron chi connectivity index (χ0n) is 12.6. The molecule has 0 fully saturated rings. The fourth-order valence-electron chi connectivity index (χ4n) is 2.62. The number of aromatic nitrogens is 1. The maximum Gasteiger partial charge on any atom is 0.303 e. The van der Waals surface area contributed by atoms with Crippen LogP contribution in [0, 0.1) is 0 Å². The van der Waals surface area contributed by atoms with Crippen molar-refractivity contribution in [3.63, 3.8) is 0 Å². The van der Waals surface area contributed by atoms with E-state index in [2.05, 4.69) is 34.1 Å². The topological polar surface area (TPSA) is 29.3 Å². The molecule has 4 rings (SSSR count). The van der Waals surface area contributed by atoms with Gasteiger partial charge in [0.2, 0.25) is 0 Å². The molecule has 23 heavy (non-hydrogen) atoms. The maximum absolute atomic E-state index is 5.97. The molecule has 0 aliphatic rings. The van der Waals surface area contributed by atoms with E-state index in [0.717, 1.165) is 16.8 Å². The Morgan fingerprint density at radius 3 is 2.13 bits per heavy atom. The first kappa shape index (κ1) is 13.6. The Balaban J connectivity index is 1.78. The zero-order chi connectivity index (χ0) is 15.5. The van der Waals surface area contributed by atoms with Crippen molar-refractivity contribution < 1.29 is 4.42 Å². The highest BCUT2D eigenvalue weighted by Crippen LogP contribution is 2.29. The lowest BCUT2D eigenvalue weighted by Gasteiger charge is -2.20. The standard InChI is InChI=1S/C20H16N2O/c1-3-9-16(10-4-1)15-22(17-11-5-2-6-12-17)20-21-18-13-7-8-14-19(18)23-20/h1-14H,15H2. The lowest BCUT2D eigenvalue weighted by atomic mass is 10.2. The smallest absolute Gasteiger partial charge is 0.303 e. The van der Waals surface area contributed by atoms with E-state index in [1.807, 2.05) is 60.7 Å². The number of oxazole rings is 1. The van der Waals surface area contributed by atoms with Crippen LogP contribution in [0.15, 0.2) is 89.3 Å². The summed E-state index contributed by atoms with van der Waals surface area (Å²) in [5, 5.41) is 0. The van der Waals surface area contributed by atoms with Gasteiger partial charge in [-0.1, -0.05) is 60.7 Å². The molecule has 0 aliphatic heterocycles. The molecule has 3 nitrogen and oxygen atoms in total. The molecular formula is C20H16N2O. The van der Waals surface area contributed by atoms with Crippen molar-refractivity contribution in [2.24, 2.45) is 0 Å². The van der Waals surface area contributed by atoms with Gasteiger partial charge in [0, 0.05) is 5.69 Å². The quantitative estimate of drug-likeness (QED) is 0.521. The minimum absolute atomic E-state index is 0.612. The number of benzene rings is 3. The molecule has 0 radical (unpaired) electrons. The zero-order valence-corrected chi connectivity index (χ0v) is 12.6. The average molecular weight is 300 g/mol. The second kappa shape index (κ2) is 5.97. The molecule has 0 saturated heterocycles.